The number of aliphatic hydroxyl groups excluding tert-OH is 1. The van der Waals surface area contributed by atoms with Crippen LogP contribution in [0.25, 0.3) is 0 Å². The van der Waals surface area contributed by atoms with E-state index in [1.807, 2.05) is 0 Å². The van der Waals surface area contributed by atoms with E-state index in [1.165, 1.54) is 12.8 Å². The molecule has 0 aliphatic heterocycles. The van der Waals surface area contributed by atoms with Crippen LogP contribution < -0.4 is 0 Å². The van der Waals surface area contributed by atoms with Crippen molar-refractivity contribution in [1.82, 2.24) is 0 Å². The Balaban J connectivity index is 3.35. The molecule has 0 saturated heterocycles. The topological polar surface area (TPSA) is 74.2 Å². The Morgan fingerprint density at radius 1 is 0.846 bits per heavy atom. The summed E-state index contributed by atoms with van der Waals surface area (Å²) in [5.41, 5.74) is 0.352. The number of unbranched alkanes of at least 4 members (excludes halogenated alkanes) is 2. The van der Waals surface area contributed by atoms with Gasteiger partial charge in [-0.05, 0) is 25.2 Å². The van der Waals surface area contributed by atoms with E-state index in [4.69, 9.17) is 24.1 Å². The van der Waals surface area contributed by atoms with Crippen LogP contribution in [-0.2, 0) is 23.7 Å². The molecule has 0 heterocycles. The maximum atomic E-state index is 11.7. The minimum atomic E-state index is -0.370. The largest absolute Gasteiger partial charge is 0.462 e. The Bertz CT molecular complexity index is 343. The van der Waals surface area contributed by atoms with Crippen molar-refractivity contribution in [3.05, 3.63) is 12.2 Å². The van der Waals surface area contributed by atoms with E-state index in [0.29, 0.717) is 51.6 Å². The fourth-order valence-corrected chi connectivity index (χ4v) is 2.10. The molecule has 0 aromatic carbocycles. The zero-order chi connectivity index (χ0) is 19.5. The Hall–Kier alpha value is -0.950. The molecule has 0 radical (unpaired) electrons. The predicted molar refractivity (Wildman–Crippen MR) is 102 cm³/mol. The molecule has 0 bridgehead atoms. The lowest BCUT2D eigenvalue weighted by atomic mass is 10.1. The molecule has 1 N–H and O–H groups in total. The van der Waals surface area contributed by atoms with Gasteiger partial charge in [0.1, 0.15) is 0 Å². The Morgan fingerprint density at radius 3 is 2.15 bits per heavy atom. The molecule has 0 aromatic rings. The van der Waals surface area contributed by atoms with Crippen molar-refractivity contribution in [2.24, 2.45) is 5.92 Å². The number of ether oxygens (including phenoxy) is 4. The molecule has 0 aliphatic carbocycles. The molecule has 6 nitrogen and oxygen atoms in total. The van der Waals surface area contributed by atoms with Crippen LogP contribution in [0.15, 0.2) is 12.2 Å². The van der Waals surface area contributed by atoms with Crippen molar-refractivity contribution in [3.63, 3.8) is 0 Å². The molecule has 0 unspecified atom stereocenters. The van der Waals surface area contributed by atoms with Gasteiger partial charge in [0.25, 0.3) is 0 Å². The summed E-state index contributed by atoms with van der Waals surface area (Å²) in [5, 5.41) is 8.59. The van der Waals surface area contributed by atoms with Crippen molar-refractivity contribution < 1.29 is 28.8 Å². The highest BCUT2D eigenvalue weighted by molar-refractivity contribution is 5.87. The van der Waals surface area contributed by atoms with Gasteiger partial charge < -0.3 is 24.1 Å². The summed E-state index contributed by atoms with van der Waals surface area (Å²) in [5.74, 6) is 0.357. The lowest BCUT2D eigenvalue weighted by Crippen LogP contribution is -2.14. The van der Waals surface area contributed by atoms with E-state index in [0.717, 1.165) is 25.2 Å². The quantitative estimate of drug-likeness (QED) is 0.213. The minimum Gasteiger partial charge on any atom is -0.462 e. The molecule has 0 spiro atoms. The second-order valence-electron chi connectivity index (χ2n) is 6.69. The van der Waals surface area contributed by atoms with Gasteiger partial charge in [-0.25, -0.2) is 4.79 Å². The first-order chi connectivity index (χ1) is 12.6. The number of hydrogen-bond acceptors (Lipinski definition) is 6. The number of aliphatic hydroxyl groups is 1. The molecular weight excluding hydrogens is 336 g/mol. The Kier molecular flexibility index (Phi) is 18.1. The van der Waals surface area contributed by atoms with E-state index < -0.39 is 0 Å². The summed E-state index contributed by atoms with van der Waals surface area (Å²) in [6, 6.07) is 0. The first kappa shape index (κ1) is 25.1. The highest BCUT2D eigenvalue weighted by atomic mass is 16.5. The molecule has 26 heavy (non-hydrogen) atoms. The molecule has 154 valence electrons. The summed E-state index contributed by atoms with van der Waals surface area (Å²) in [6.45, 7) is 11.6. The van der Waals surface area contributed by atoms with Crippen LogP contribution >= 0.6 is 0 Å². The summed E-state index contributed by atoms with van der Waals surface area (Å²) >= 11 is 0. The lowest BCUT2D eigenvalue weighted by Gasteiger charge is -2.09. The van der Waals surface area contributed by atoms with E-state index in [-0.39, 0.29) is 19.2 Å². The molecule has 0 amide bonds. The average Bonchev–Trinajstić information content (AvgIpc) is 2.61. The van der Waals surface area contributed by atoms with E-state index in [9.17, 15) is 4.79 Å². The van der Waals surface area contributed by atoms with Crippen LogP contribution in [0, 0.1) is 5.92 Å². The fraction of sp³-hybridized carbons (Fsp3) is 0.850. The van der Waals surface area contributed by atoms with Crippen LogP contribution in [0.4, 0.5) is 0 Å². The Morgan fingerprint density at radius 2 is 1.50 bits per heavy atom. The second-order valence-corrected chi connectivity index (χ2v) is 6.69. The summed E-state index contributed by atoms with van der Waals surface area (Å²) in [7, 11) is 0. The van der Waals surface area contributed by atoms with Gasteiger partial charge in [-0.15, -0.1) is 0 Å². The second kappa shape index (κ2) is 18.8. The van der Waals surface area contributed by atoms with Crippen molar-refractivity contribution in [1.29, 1.82) is 0 Å². The smallest absolute Gasteiger partial charge is 0.335 e. The minimum absolute atomic E-state index is 0.148. The van der Waals surface area contributed by atoms with Gasteiger partial charge in [-0.3, -0.25) is 0 Å². The third-order valence-electron chi connectivity index (χ3n) is 3.62. The highest BCUT2D eigenvalue weighted by Gasteiger charge is 2.08. The zero-order valence-corrected chi connectivity index (χ0v) is 16.7. The maximum absolute atomic E-state index is 11.7. The molecule has 0 aromatic heterocycles. The third-order valence-corrected chi connectivity index (χ3v) is 3.62. The van der Waals surface area contributed by atoms with Crippen LogP contribution in [0.5, 0.6) is 0 Å². The van der Waals surface area contributed by atoms with Gasteiger partial charge in [0, 0.05) is 26.4 Å². The lowest BCUT2D eigenvalue weighted by molar-refractivity contribution is -0.139. The number of rotatable bonds is 19. The van der Waals surface area contributed by atoms with Crippen LogP contribution in [0.3, 0.4) is 0 Å². The van der Waals surface area contributed by atoms with Gasteiger partial charge in [-0.2, -0.15) is 0 Å². The molecule has 0 rings (SSSR count). The van der Waals surface area contributed by atoms with Gasteiger partial charge in [-0.1, -0.05) is 39.7 Å². The zero-order valence-electron chi connectivity index (χ0n) is 16.7. The normalized spacial score (nSPS) is 11.1. The van der Waals surface area contributed by atoms with Gasteiger partial charge in [0.2, 0.25) is 0 Å². The van der Waals surface area contributed by atoms with E-state index in [2.05, 4.69) is 20.4 Å². The summed E-state index contributed by atoms with van der Waals surface area (Å²) in [4.78, 5) is 11.7. The number of carbonyl (C=O) groups excluding carboxylic acids is 1. The van der Waals surface area contributed by atoms with Crippen molar-refractivity contribution in [3.8, 4) is 0 Å². The molecule has 0 atom stereocenters. The molecular formula is C20H38O6. The average molecular weight is 375 g/mol. The van der Waals surface area contributed by atoms with Crippen LogP contribution in [-0.4, -0.2) is 63.9 Å². The Labute approximate surface area is 158 Å². The summed E-state index contributed by atoms with van der Waals surface area (Å²) < 4.78 is 21.2. The fourth-order valence-electron chi connectivity index (χ4n) is 2.10. The maximum Gasteiger partial charge on any atom is 0.335 e. The van der Waals surface area contributed by atoms with Crippen molar-refractivity contribution in [2.75, 3.05) is 52.9 Å². The van der Waals surface area contributed by atoms with E-state index in [1.54, 1.807) is 0 Å². The predicted octanol–water partition coefficient (Wildman–Crippen LogP) is 3.12. The molecule has 0 aliphatic rings. The van der Waals surface area contributed by atoms with Crippen molar-refractivity contribution >= 4 is 5.97 Å². The SMILES string of the molecule is C=C(COCCCOCCOCCCO)C(=O)OCCCCCC(C)C. The van der Waals surface area contributed by atoms with E-state index >= 15 is 0 Å². The molecule has 0 fully saturated rings. The monoisotopic (exact) mass is 374 g/mol. The number of esters is 1. The first-order valence-corrected chi connectivity index (χ1v) is 9.77. The number of carbonyl (C=O) groups is 1. The summed E-state index contributed by atoms with van der Waals surface area (Å²) in [6.07, 6.45) is 5.77. The number of hydrogen-bond donors (Lipinski definition) is 1. The molecule has 0 saturated carbocycles. The van der Waals surface area contributed by atoms with Crippen molar-refractivity contribution in [2.45, 2.75) is 52.4 Å². The van der Waals surface area contributed by atoms with Gasteiger partial charge in [0.05, 0.1) is 32.0 Å². The first-order valence-electron chi connectivity index (χ1n) is 9.77. The third kappa shape index (κ3) is 17.9. The standard InChI is InChI=1S/C20H38O6/c1-18(2)9-5-4-6-14-26-20(22)19(3)17-25-13-8-12-24-16-15-23-11-7-10-21/h18,21H,3-17H2,1-2H3. The molecule has 6 heteroatoms. The van der Waals surface area contributed by atoms with Crippen LogP contribution in [0.1, 0.15) is 52.4 Å². The van der Waals surface area contributed by atoms with Crippen LogP contribution in [0.2, 0.25) is 0 Å². The highest BCUT2D eigenvalue weighted by Crippen LogP contribution is 2.08. The van der Waals surface area contributed by atoms with Gasteiger partial charge >= 0.3 is 5.97 Å². The van der Waals surface area contributed by atoms with Gasteiger partial charge in [0.15, 0.2) is 0 Å².